The first kappa shape index (κ1) is 22.6. The van der Waals surface area contributed by atoms with Crippen LogP contribution in [0.1, 0.15) is 35.0 Å². The minimum atomic E-state index is -0.0441. The van der Waals surface area contributed by atoms with Crippen molar-refractivity contribution in [3.8, 4) is 16.9 Å². The molecule has 0 bridgehead atoms. The quantitative estimate of drug-likeness (QED) is 0.255. The third kappa shape index (κ3) is 4.21. The Bertz CT molecular complexity index is 1550. The largest absolute Gasteiger partial charge is 0.231 e. The summed E-state index contributed by atoms with van der Waals surface area (Å²) in [5.41, 5.74) is 7.92. The first-order valence-electron chi connectivity index (χ1n) is 11.7. The topological polar surface area (TPSA) is 59.2 Å². The van der Waals surface area contributed by atoms with Gasteiger partial charge in [0.1, 0.15) is 5.69 Å². The summed E-state index contributed by atoms with van der Waals surface area (Å²) in [6.45, 7) is 4.11. The van der Waals surface area contributed by atoms with Crippen LogP contribution in [0.25, 0.3) is 16.9 Å². The number of hydrazone groups is 1. The van der Waals surface area contributed by atoms with E-state index in [9.17, 15) is 0 Å². The summed E-state index contributed by atoms with van der Waals surface area (Å²) in [6, 6.07) is 26.4. The lowest BCUT2D eigenvalue weighted by molar-refractivity contribution is 0.706. The number of nitrogens with zero attached hydrogens (tertiary/aromatic N) is 6. The standard InChI is InChI=1S/C28H23ClN6S/c1-18-11-13-23(14-12-18)34-19(2)27(31-33-34)24-16-26(21-9-6-10-22(29)15-21)35(32-24)28-30-25(17-36-28)20-7-4-3-5-8-20/h3-15,17,26H,16H2,1-2H3/t26-/m1/s1. The molecule has 0 saturated heterocycles. The predicted octanol–water partition coefficient (Wildman–Crippen LogP) is 7.02. The van der Waals surface area contributed by atoms with Crippen molar-refractivity contribution in [1.29, 1.82) is 0 Å². The highest BCUT2D eigenvalue weighted by Crippen LogP contribution is 2.40. The molecular formula is C28H23ClN6S. The van der Waals surface area contributed by atoms with Crippen molar-refractivity contribution in [1.82, 2.24) is 20.0 Å². The van der Waals surface area contributed by atoms with Crippen molar-refractivity contribution < 1.29 is 0 Å². The number of aromatic nitrogens is 4. The molecule has 0 N–H and O–H groups in total. The van der Waals surface area contributed by atoms with Crippen LogP contribution in [0.4, 0.5) is 5.13 Å². The maximum Gasteiger partial charge on any atom is 0.207 e. The van der Waals surface area contributed by atoms with Crippen LogP contribution in [-0.2, 0) is 0 Å². The van der Waals surface area contributed by atoms with E-state index in [1.165, 1.54) is 5.56 Å². The second-order valence-electron chi connectivity index (χ2n) is 8.82. The van der Waals surface area contributed by atoms with Crippen molar-refractivity contribution in [3.05, 3.63) is 112 Å². The Labute approximate surface area is 218 Å². The van der Waals surface area contributed by atoms with Crippen molar-refractivity contribution in [2.45, 2.75) is 26.3 Å². The van der Waals surface area contributed by atoms with E-state index in [4.69, 9.17) is 21.7 Å². The van der Waals surface area contributed by atoms with Crippen LogP contribution in [0.5, 0.6) is 0 Å². The van der Waals surface area contributed by atoms with Crippen molar-refractivity contribution in [2.24, 2.45) is 5.10 Å². The van der Waals surface area contributed by atoms with Gasteiger partial charge in [-0.15, -0.1) is 16.4 Å². The third-order valence-electron chi connectivity index (χ3n) is 6.35. The molecule has 0 saturated carbocycles. The zero-order valence-corrected chi connectivity index (χ0v) is 21.4. The van der Waals surface area contributed by atoms with E-state index < -0.39 is 0 Å². The number of benzene rings is 3. The molecule has 6 nitrogen and oxygen atoms in total. The van der Waals surface area contributed by atoms with Crippen LogP contribution in [-0.4, -0.2) is 25.7 Å². The van der Waals surface area contributed by atoms with Gasteiger partial charge in [-0.05, 0) is 43.7 Å². The lowest BCUT2D eigenvalue weighted by atomic mass is 10.0. The van der Waals surface area contributed by atoms with Crippen LogP contribution in [0, 0.1) is 13.8 Å². The first-order valence-corrected chi connectivity index (χ1v) is 13.0. The minimum Gasteiger partial charge on any atom is -0.231 e. The Hall–Kier alpha value is -3.81. The van der Waals surface area contributed by atoms with E-state index in [0.717, 1.165) is 44.7 Å². The van der Waals surface area contributed by atoms with Crippen molar-refractivity contribution in [2.75, 3.05) is 5.01 Å². The normalized spacial score (nSPS) is 15.4. The number of hydrogen-bond acceptors (Lipinski definition) is 6. The van der Waals surface area contributed by atoms with Crippen LogP contribution >= 0.6 is 22.9 Å². The molecule has 0 spiro atoms. The summed E-state index contributed by atoms with van der Waals surface area (Å²) in [6.07, 6.45) is 0.675. The van der Waals surface area contributed by atoms with E-state index in [1.807, 2.05) is 53.0 Å². The second-order valence-corrected chi connectivity index (χ2v) is 10.1. The number of thiazole rings is 1. The molecule has 3 aromatic carbocycles. The monoisotopic (exact) mass is 510 g/mol. The molecule has 0 unspecified atom stereocenters. The molecule has 2 aromatic heterocycles. The molecule has 0 radical (unpaired) electrons. The van der Waals surface area contributed by atoms with E-state index >= 15 is 0 Å². The van der Waals surface area contributed by atoms with Crippen LogP contribution in [0.15, 0.2) is 89.3 Å². The summed E-state index contributed by atoms with van der Waals surface area (Å²) < 4.78 is 1.87. The molecule has 36 heavy (non-hydrogen) atoms. The van der Waals surface area contributed by atoms with E-state index in [0.29, 0.717) is 11.4 Å². The van der Waals surface area contributed by atoms with Gasteiger partial charge in [-0.3, -0.25) is 0 Å². The van der Waals surface area contributed by atoms with Gasteiger partial charge >= 0.3 is 0 Å². The highest BCUT2D eigenvalue weighted by atomic mass is 35.5. The maximum atomic E-state index is 6.37. The zero-order chi connectivity index (χ0) is 24.6. The second kappa shape index (κ2) is 9.33. The van der Waals surface area contributed by atoms with Crippen LogP contribution in [0.3, 0.4) is 0 Å². The Morgan fingerprint density at radius 2 is 1.75 bits per heavy atom. The molecule has 178 valence electrons. The molecule has 0 fully saturated rings. The van der Waals surface area contributed by atoms with Gasteiger partial charge in [0, 0.05) is 22.4 Å². The summed E-state index contributed by atoms with van der Waals surface area (Å²) >= 11 is 7.95. The number of hydrogen-bond donors (Lipinski definition) is 0. The minimum absolute atomic E-state index is 0.0441. The predicted molar refractivity (Wildman–Crippen MR) is 146 cm³/mol. The fourth-order valence-electron chi connectivity index (χ4n) is 4.44. The molecule has 8 heteroatoms. The average molecular weight is 511 g/mol. The first-order chi connectivity index (χ1) is 17.6. The average Bonchev–Trinajstić information content (AvgIpc) is 3.63. The van der Waals surface area contributed by atoms with Gasteiger partial charge in [0.05, 0.1) is 28.8 Å². The van der Waals surface area contributed by atoms with Crippen molar-refractivity contribution >= 4 is 33.8 Å². The lowest BCUT2D eigenvalue weighted by Gasteiger charge is -2.21. The van der Waals surface area contributed by atoms with E-state index in [-0.39, 0.29) is 6.04 Å². The molecule has 3 heterocycles. The molecular weight excluding hydrogens is 488 g/mol. The maximum absolute atomic E-state index is 6.37. The SMILES string of the molecule is Cc1ccc(-n2nnc(C3=NN(c4nc(-c5ccccc5)cs4)[C@@H](c4cccc(Cl)c4)C3)c2C)cc1. The fraction of sp³-hybridized carbons (Fsp3) is 0.143. The Morgan fingerprint density at radius 1 is 0.944 bits per heavy atom. The fourth-order valence-corrected chi connectivity index (χ4v) is 5.47. The van der Waals surface area contributed by atoms with Crippen LogP contribution < -0.4 is 5.01 Å². The summed E-state index contributed by atoms with van der Waals surface area (Å²) in [5, 5.41) is 19.6. The third-order valence-corrected chi connectivity index (χ3v) is 7.41. The zero-order valence-electron chi connectivity index (χ0n) is 19.8. The van der Waals surface area contributed by atoms with E-state index in [2.05, 4.69) is 65.1 Å². The number of aryl methyl sites for hydroxylation is 1. The van der Waals surface area contributed by atoms with Crippen molar-refractivity contribution in [3.63, 3.8) is 0 Å². The summed E-state index contributed by atoms with van der Waals surface area (Å²) in [7, 11) is 0. The molecule has 0 amide bonds. The highest BCUT2D eigenvalue weighted by molar-refractivity contribution is 7.14. The molecule has 6 rings (SSSR count). The molecule has 1 aliphatic heterocycles. The summed E-state index contributed by atoms with van der Waals surface area (Å²) in [5.74, 6) is 0. The molecule has 1 atom stereocenters. The molecule has 1 aliphatic rings. The lowest BCUT2D eigenvalue weighted by Crippen LogP contribution is -2.18. The highest BCUT2D eigenvalue weighted by Gasteiger charge is 2.34. The smallest absolute Gasteiger partial charge is 0.207 e. The molecule has 5 aromatic rings. The number of anilines is 1. The van der Waals surface area contributed by atoms with Gasteiger partial charge in [0.2, 0.25) is 5.13 Å². The number of halogens is 1. The molecule has 0 aliphatic carbocycles. The van der Waals surface area contributed by atoms with Gasteiger partial charge in [-0.2, -0.15) is 5.10 Å². The van der Waals surface area contributed by atoms with Gasteiger partial charge in [0.25, 0.3) is 0 Å². The van der Waals surface area contributed by atoms with Crippen LogP contribution in [0.2, 0.25) is 5.02 Å². The van der Waals surface area contributed by atoms with Gasteiger partial charge < -0.3 is 0 Å². The summed E-state index contributed by atoms with van der Waals surface area (Å²) in [4.78, 5) is 4.94. The Kier molecular flexibility index (Phi) is 5.87. The Balaban J connectivity index is 1.39. The van der Waals surface area contributed by atoms with Gasteiger partial charge in [-0.25, -0.2) is 14.7 Å². The van der Waals surface area contributed by atoms with E-state index in [1.54, 1.807) is 11.3 Å². The van der Waals surface area contributed by atoms with Gasteiger partial charge in [-0.1, -0.05) is 77.0 Å². The van der Waals surface area contributed by atoms with Gasteiger partial charge in [0.15, 0.2) is 0 Å². The Morgan fingerprint density at radius 3 is 2.53 bits per heavy atom. The number of rotatable bonds is 5.